The summed E-state index contributed by atoms with van der Waals surface area (Å²) in [5, 5.41) is 12.4. The molecule has 1 amide bonds. The molecule has 0 aliphatic heterocycles. The molecule has 10 heteroatoms. The number of amides is 1. The number of nitrogens with zero attached hydrogens (tertiary/aromatic N) is 2. The van der Waals surface area contributed by atoms with Gasteiger partial charge in [-0.3, -0.25) is 4.79 Å². The second kappa shape index (κ2) is 7.36. The predicted octanol–water partition coefficient (Wildman–Crippen LogP) is 3.20. The number of rotatable bonds is 5. The molecule has 1 heterocycles. The van der Waals surface area contributed by atoms with E-state index in [1.54, 1.807) is 6.92 Å². The van der Waals surface area contributed by atoms with E-state index < -0.39 is 42.3 Å². The highest BCUT2D eigenvalue weighted by Gasteiger charge is 2.57. The predicted molar refractivity (Wildman–Crippen MR) is 88.9 cm³/mol. The van der Waals surface area contributed by atoms with E-state index in [1.165, 1.54) is 19.3 Å². The van der Waals surface area contributed by atoms with Crippen LogP contribution in [0.2, 0.25) is 0 Å². The molecule has 2 aromatic rings. The summed E-state index contributed by atoms with van der Waals surface area (Å²) in [6.07, 6.45) is -3.49. The number of benzene rings is 1. The van der Waals surface area contributed by atoms with Crippen LogP contribution >= 0.6 is 15.9 Å². The summed E-state index contributed by atoms with van der Waals surface area (Å²) in [4.78, 5) is 15.7. The summed E-state index contributed by atoms with van der Waals surface area (Å²) >= 11 is 3.09. The van der Waals surface area contributed by atoms with Crippen LogP contribution in [-0.4, -0.2) is 33.3 Å². The number of carbonyl (C=O) groups is 1. The third-order valence-corrected chi connectivity index (χ3v) is 4.97. The highest BCUT2D eigenvalue weighted by atomic mass is 79.9. The van der Waals surface area contributed by atoms with Crippen LogP contribution in [0.15, 0.2) is 29.0 Å². The van der Waals surface area contributed by atoms with Crippen molar-refractivity contribution >= 4 is 21.8 Å². The van der Waals surface area contributed by atoms with Crippen molar-refractivity contribution in [1.82, 2.24) is 14.9 Å². The van der Waals surface area contributed by atoms with Crippen LogP contribution in [0, 0.1) is 12.7 Å². The molecule has 0 aliphatic carbocycles. The van der Waals surface area contributed by atoms with E-state index in [9.17, 15) is 27.5 Å². The Kier molecular flexibility index (Phi) is 5.76. The maximum absolute atomic E-state index is 13.9. The van der Waals surface area contributed by atoms with Gasteiger partial charge >= 0.3 is 6.18 Å². The topological polar surface area (TPSA) is 67.2 Å². The zero-order valence-corrected chi connectivity index (χ0v) is 15.4. The Balaban J connectivity index is 2.18. The number of aliphatic hydroxyl groups is 1. The molecule has 1 unspecified atom stereocenters. The average molecular weight is 438 g/mol. The van der Waals surface area contributed by atoms with E-state index >= 15 is 0 Å². The van der Waals surface area contributed by atoms with Crippen molar-refractivity contribution in [3.63, 3.8) is 0 Å². The monoisotopic (exact) mass is 437 g/mol. The van der Waals surface area contributed by atoms with Crippen molar-refractivity contribution in [1.29, 1.82) is 0 Å². The Bertz CT molecular complexity index is 822. The first kappa shape index (κ1) is 20.4. The molecule has 0 saturated heterocycles. The van der Waals surface area contributed by atoms with Crippen LogP contribution in [0.1, 0.15) is 28.2 Å². The minimum absolute atomic E-state index is 0.213. The Labute approximate surface area is 155 Å². The first-order chi connectivity index (χ1) is 12.0. The number of nitrogens with one attached hydrogen (secondary N) is 1. The maximum atomic E-state index is 13.9. The van der Waals surface area contributed by atoms with E-state index in [0.717, 1.165) is 16.8 Å². The lowest BCUT2D eigenvalue weighted by atomic mass is 9.97. The minimum Gasteiger partial charge on any atom is -0.374 e. The van der Waals surface area contributed by atoms with Gasteiger partial charge in [0.25, 0.3) is 5.91 Å². The van der Waals surface area contributed by atoms with Crippen LogP contribution in [0.5, 0.6) is 0 Å². The molecule has 0 fully saturated rings. The molecule has 1 atom stereocenters. The standard InChI is InChI=1S/C16H16BrF4N3O2/c1-9-3-4-10(18)11(12(9)17)13(25)22-6-5-15(26,16(19,20)21)14-23-7-8-24(14)2/h3-4,7-8,26H,5-6H2,1-2H3,(H,22,25). The Morgan fingerprint density at radius 3 is 2.58 bits per heavy atom. The first-order valence-corrected chi connectivity index (χ1v) is 8.28. The second-order valence-electron chi connectivity index (χ2n) is 5.78. The molecule has 2 rings (SSSR count). The zero-order chi connectivity index (χ0) is 19.7. The molecule has 0 spiro atoms. The molecule has 0 bridgehead atoms. The van der Waals surface area contributed by atoms with E-state index in [0.29, 0.717) is 5.56 Å². The number of halogens is 5. The zero-order valence-electron chi connectivity index (χ0n) is 13.9. The smallest absolute Gasteiger partial charge is 0.374 e. The summed E-state index contributed by atoms with van der Waals surface area (Å²) in [7, 11) is 1.32. The van der Waals surface area contributed by atoms with Gasteiger partial charge in [-0.2, -0.15) is 13.2 Å². The largest absolute Gasteiger partial charge is 0.424 e. The highest BCUT2D eigenvalue weighted by molar-refractivity contribution is 9.10. The van der Waals surface area contributed by atoms with Crippen LogP contribution < -0.4 is 5.32 Å². The number of hydrogen-bond acceptors (Lipinski definition) is 3. The third-order valence-electron chi connectivity index (χ3n) is 3.94. The molecule has 2 N–H and O–H groups in total. The molecule has 26 heavy (non-hydrogen) atoms. The molecule has 0 radical (unpaired) electrons. The summed E-state index contributed by atoms with van der Waals surface area (Å²) in [5.41, 5.74) is -2.96. The third kappa shape index (κ3) is 3.75. The first-order valence-electron chi connectivity index (χ1n) is 7.48. The number of imidazole rings is 1. The van der Waals surface area contributed by atoms with Crippen LogP contribution in [0.25, 0.3) is 0 Å². The van der Waals surface area contributed by atoms with E-state index in [2.05, 4.69) is 26.2 Å². The fraction of sp³-hybridized carbons (Fsp3) is 0.375. The van der Waals surface area contributed by atoms with Crippen molar-refractivity contribution < 1.29 is 27.5 Å². The molecular formula is C16H16BrF4N3O2. The van der Waals surface area contributed by atoms with Crippen molar-refractivity contribution in [3.8, 4) is 0 Å². The van der Waals surface area contributed by atoms with Crippen LogP contribution in [0.3, 0.4) is 0 Å². The molecule has 5 nitrogen and oxygen atoms in total. The number of alkyl halides is 3. The summed E-state index contributed by atoms with van der Waals surface area (Å²) in [6.45, 7) is 1.10. The second-order valence-corrected chi connectivity index (χ2v) is 6.57. The van der Waals surface area contributed by atoms with Gasteiger partial charge in [-0.1, -0.05) is 6.07 Å². The lowest BCUT2D eigenvalue weighted by Gasteiger charge is -2.30. The van der Waals surface area contributed by atoms with Crippen LogP contribution in [0.4, 0.5) is 17.6 Å². The van der Waals surface area contributed by atoms with Gasteiger partial charge in [-0.05, 0) is 34.5 Å². The van der Waals surface area contributed by atoms with Crippen molar-refractivity contribution in [3.05, 3.63) is 51.8 Å². The lowest BCUT2D eigenvalue weighted by molar-refractivity contribution is -0.272. The van der Waals surface area contributed by atoms with Crippen molar-refractivity contribution in [2.45, 2.75) is 25.1 Å². The quantitative estimate of drug-likeness (QED) is 0.705. The normalized spacial score (nSPS) is 14.2. The fourth-order valence-corrected chi connectivity index (χ4v) is 2.96. The molecule has 0 saturated carbocycles. The van der Waals surface area contributed by atoms with E-state index in [1.807, 2.05) is 0 Å². The van der Waals surface area contributed by atoms with Crippen LogP contribution in [-0.2, 0) is 12.6 Å². The van der Waals surface area contributed by atoms with E-state index in [-0.39, 0.29) is 10.0 Å². The number of aryl methyl sites for hydroxylation is 2. The van der Waals surface area contributed by atoms with Gasteiger partial charge in [-0.15, -0.1) is 0 Å². The van der Waals surface area contributed by atoms with Crippen molar-refractivity contribution in [2.24, 2.45) is 7.05 Å². The van der Waals surface area contributed by atoms with Gasteiger partial charge in [0.05, 0.1) is 5.56 Å². The Hall–Kier alpha value is -1.94. The SMILES string of the molecule is Cc1ccc(F)c(C(=O)NCCC(O)(c2nccn2C)C(F)(F)F)c1Br. The minimum atomic E-state index is -5.01. The number of hydrogen-bond donors (Lipinski definition) is 2. The fourth-order valence-electron chi connectivity index (χ4n) is 2.45. The molecule has 0 aliphatic rings. The summed E-state index contributed by atoms with van der Waals surface area (Å²) in [5.74, 6) is -2.29. The molecule has 142 valence electrons. The summed E-state index contributed by atoms with van der Waals surface area (Å²) < 4.78 is 55.3. The molecule has 1 aromatic heterocycles. The van der Waals surface area contributed by atoms with Gasteiger partial charge in [-0.25, -0.2) is 9.37 Å². The van der Waals surface area contributed by atoms with E-state index in [4.69, 9.17) is 0 Å². The van der Waals surface area contributed by atoms with Crippen molar-refractivity contribution in [2.75, 3.05) is 6.54 Å². The average Bonchev–Trinajstić information content (AvgIpc) is 2.96. The molecule has 1 aromatic carbocycles. The number of carbonyl (C=O) groups excluding carboxylic acids is 1. The Morgan fingerprint density at radius 1 is 1.38 bits per heavy atom. The van der Waals surface area contributed by atoms with Gasteiger partial charge in [0, 0.05) is 36.9 Å². The number of aromatic nitrogens is 2. The molecular weight excluding hydrogens is 422 g/mol. The maximum Gasteiger partial charge on any atom is 0.424 e. The van der Waals surface area contributed by atoms with Gasteiger partial charge in [0.2, 0.25) is 5.60 Å². The van der Waals surface area contributed by atoms with Gasteiger partial charge < -0.3 is 15.0 Å². The summed E-state index contributed by atoms with van der Waals surface area (Å²) in [6, 6.07) is 2.55. The lowest BCUT2D eigenvalue weighted by Crippen LogP contribution is -2.46. The van der Waals surface area contributed by atoms with Gasteiger partial charge in [0.1, 0.15) is 11.6 Å². The van der Waals surface area contributed by atoms with Gasteiger partial charge in [0.15, 0.2) is 0 Å². The Morgan fingerprint density at radius 2 is 2.04 bits per heavy atom. The highest BCUT2D eigenvalue weighted by Crippen LogP contribution is 2.40.